The first-order chi connectivity index (χ1) is 14.9. The summed E-state index contributed by atoms with van der Waals surface area (Å²) < 4.78 is 11.0. The van der Waals surface area contributed by atoms with E-state index in [1.807, 2.05) is 26.0 Å². The predicted octanol–water partition coefficient (Wildman–Crippen LogP) is 4.50. The number of carbonyl (C=O) groups excluding carboxylic acids is 1. The topological polar surface area (TPSA) is 73.3 Å². The van der Waals surface area contributed by atoms with Crippen molar-refractivity contribution in [1.82, 2.24) is 9.97 Å². The SMILES string of the molecule is COC[C@H](C)Oc1cc(C#Cc2cccc(Cl)c2)cc(C(=O)Nc2cnc(C)cn2)c1. The molecule has 3 rings (SSSR count). The number of aromatic nitrogens is 2. The molecule has 7 heteroatoms. The van der Waals surface area contributed by atoms with Gasteiger partial charge in [0.25, 0.3) is 5.91 Å². The Balaban J connectivity index is 1.90. The minimum Gasteiger partial charge on any atom is -0.488 e. The van der Waals surface area contributed by atoms with Crippen LogP contribution in [-0.4, -0.2) is 35.7 Å². The van der Waals surface area contributed by atoms with Crippen LogP contribution in [-0.2, 0) is 4.74 Å². The van der Waals surface area contributed by atoms with E-state index in [1.165, 1.54) is 6.20 Å². The molecule has 1 amide bonds. The van der Waals surface area contributed by atoms with Gasteiger partial charge in [-0.2, -0.15) is 0 Å². The lowest BCUT2D eigenvalue weighted by Gasteiger charge is -2.15. The number of amides is 1. The predicted molar refractivity (Wildman–Crippen MR) is 121 cm³/mol. The average Bonchev–Trinajstić information content (AvgIpc) is 2.74. The maximum Gasteiger partial charge on any atom is 0.257 e. The molecule has 0 unspecified atom stereocenters. The molecule has 31 heavy (non-hydrogen) atoms. The van der Waals surface area contributed by atoms with E-state index >= 15 is 0 Å². The highest BCUT2D eigenvalue weighted by molar-refractivity contribution is 6.30. The Kier molecular flexibility index (Phi) is 7.60. The molecule has 0 bridgehead atoms. The number of nitrogens with zero attached hydrogens (tertiary/aromatic N) is 2. The zero-order valence-corrected chi connectivity index (χ0v) is 18.2. The van der Waals surface area contributed by atoms with Crippen molar-refractivity contribution < 1.29 is 14.3 Å². The fourth-order valence-corrected chi connectivity index (χ4v) is 2.92. The maximum absolute atomic E-state index is 12.8. The van der Waals surface area contributed by atoms with Crippen molar-refractivity contribution in [3.8, 4) is 17.6 Å². The first kappa shape index (κ1) is 22.3. The van der Waals surface area contributed by atoms with Crippen molar-refractivity contribution in [2.75, 3.05) is 19.0 Å². The first-order valence-electron chi connectivity index (χ1n) is 9.61. The average molecular weight is 436 g/mol. The Labute approximate surface area is 186 Å². The van der Waals surface area contributed by atoms with Gasteiger partial charge in [0, 0.05) is 28.8 Å². The first-order valence-corrected chi connectivity index (χ1v) is 9.99. The third kappa shape index (κ3) is 6.82. The van der Waals surface area contributed by atoms with Gasteiger partial charge in [-0.25, -0.2) is 4.98 Å². The van der Waals surface area contributed by atoms with E-state index in [0.717, 1.165) is 11.3 Å². The molecule has 0 radical (unpaired) electrons. The van der Waals surface area contributed by atoms with Gasteiger partial charge in [0.05, 0.1) is 24.7 Å². The van der Waals surface area contributed by atoms with Crippen molar-refractivity contribution in [2.45, 2.75) is 20.0 Å². The summed E-state index contributed by atoms with van der Waals surface area (Å²) >= 11 is 6.03. The van der Waals surface area contributed by atoms with Crippen LogP contribution in [0.4, 0.5) is 5.82 Å². The third-order valence-electron chi connectivity index (χ3n) is 4.11. The fourth-order valence-electron chi connectivity index (χ4n) is 2.73. The summed E-state index contributed by atoms with van der Waals surface area (Å²) in [6.07, 6.45) is 2.90. The molecule has 0 aliphatic heterocycles. The zero-order valence-electron chi connectivity index (χ0n) is 17.5. The highest BCUT2D eigenvalue weighted by atomic mass is 35.5. The Hall–Kier alpha value is -3.40. The molecule has 0 spiro atoms. The second kappa shape index (κ2) is 10.6. The van der Waals surface area contributed by atoms with Crippen LogP contribution in [0.5, 0.6) is 5.75 Å². The van der Waals surface area contributed by atoms with Crippen LogP contribution in [0.2, 0.25) is 5.02 Å². The summed E-state index contributed by atoms with van der Waals surface area (Å²) in [6.45, 7) is 4.12. The Bertz CT molecular complexity index is 1120. The number of halogens is 1. The Morgan fingerprint density at radius 3 is 2.65 bits per heavy atom. The molecule has 1 atom stereocenters. The Morgan fingerprint density at radius 2 is 1.94 bits per heavy atom. The highest BCUT2D eigenvalue weighted by Crippen LogP contribution is 2.20. The fraction of sp³-hybridized carbons (Fsp3) is 0.208. The summed E-state index contributed by atoms with van der Waals surface area (Å²) in [5.41, 5.74) is 2.55. The number of hydrogen-bond donors (Lipinski definition) is 1. The quantitative estimate of drug-likeness (QED) is 0.577. The maximum atomic E-state index is 12.8. The van der Waals surface area contributed by atoms with Gasteiger partial charge in [-0.3, -0.25) is 9.78 Å². The minimum absolute atomic E-state index is 0.194. The summed E-state index contributed by atoms with van der Waals surface area (Å²) in [4.78, 5) is 21.1. The van der Waals surface area contributed by atoms with Gasteiger partial charge in [0.1, 0.15) is 11.9 Å². The van der Waals surface area contributed by atoms with Gasteiger partial charge in [0.2, 0.25) is 0 Å². The monoisotopic (exact) mass is 435 g/mol. The second-order valence-electron chi connectivity index (χ2n) is 6.89. The molecule has 1 N–H and O–H groups in total. The highest BCUT2D eigenvalue weighted by Gasteiger charge is 2.12. The second-order valence-corrected chi connectivity index (χ2v) is 7.32. The van der Waals surface area contributed by atoms with Gasteiger partial charge in [-0.1, -0.05) is 29.5 Å². The lowest BCUT2D eigenvalue weighted by atomic mass is 10.1. The van der Waals surface area contributed by atoms with Gasteiger partial charge in [-0.15, -0.1) is 0 Å². The van der Waals surface area contributed by atoms with Crippen molar-refractivity contribution in [2.24, 2.45) is 0 Å². The number of rotatable bonds is 6. The van der Waals surface area contributed by atoms with Crippen molar-refractivity contribution in [3.63, 3.8) is 0 Å². The third-order valence-corrected chi connectivity index (χ3v) is 4.34. The summed E-state index contributed by atoms with van der Waals surface area (Å²) in [6, 6.07) is 12.4. The van der Waals surface area contributed by atoms with E-state index in [4.69, 9.17) is 21.1 Å². The van der Waals surface area contributed by atoms with Crippen LogP contribution >= 0.6 is 11.6 Å². The number of carbonyl (C=O) groups is 1. The van der Waals surface area contributed by atoms with Crippen molar-refractivity contribution >= 4 is 23.3 Å². The molecule has 6 nitrogen and oxygen atoms in total. The molecule has 1 heterocycles. The molecule has 3 aromatic rings. The largest absolute Gasteiger partial charge is 0.488 e. The number of anilines is 1. The van der Waals surface area contributed by atoms with Gasteiger partial charge < -0.3 is 14.8 Å². The standard InChI is InChI=1S/C24H22ClN3O3/c1-16-13-27-23(14-26-16)28-24(29)20-9-19(8-7-18-5-4-6-21(25)10-18)11-22(12-20)31-17(2)15-30-3/h4-6,9-14,17H,15H2,1-3H3,(H,27,28,29)/t17-/m0/s1. The number of aryl methyl sites for hydroxylation is 1. The van der Waals surface area contributed by atoms with Gasteiger partial charge >= 0.3 is 0 Å². The van der Waals surface area contributed by atoms with Crippen LogP contribution in [0.25, 0.3) is 0 Å². The molecule has 158 valence electrons. The van der Waals surface area contributed by atoms with Gasteiger partial charge in [-0.05, 0) is 50.2 Å². The van der Waals surface area contributed by atoms with Crippen molar-refractivity contribution in [1.29, 1.82) is 0 Å². The molecule has 0 fully saturated rings. The molecule has 0 saturated heterocycles. The van der Waals surface area contributed by atoms with Gasteiger partial charge in [0.15, 0.2) is 5.82 Å². The molecule has 2 aromatic carbocycles. The number of ether oxygens (including phenoxy) is 2. The number of hydrogen-bond acceptors (Lipinski definition) is 5. The summed E-state index contributed by atoms with van der Waals surface area (Å²) in [5.74, 6) is 6.67. The summed E-state index contributed by atoms with van der Waals surface area (Å²) in [5, 5.41) is 3.35. The van der Waals surface area contributed by atoms with Crippen molar-refractivity contribution in [3.05, 3.63) is 82.3 Å². The molecular weight excluding hydrogens is 414 g/mol. The Morgan fingerprint density at radius 1 is 1.13 bits per heavy atom. The number of nitrogens with one attached hydrogen (secondary N) is 1. The van der Waals surface area contributed by atoms with E-state index in [0.29, 0.717) is 34.3 Å². The molecule has 0 saturated carbocycles. The van der Waals surface area contributed by atoms with Crippen LogP contribution in [0, 0.1) is 18.8 Å². The normalized spacial score (nSPS) is 11.2. The van der Waals surface area contributed by atoms with E-state index in [9.17, 15) is 4.79 Å². The van der Waals surface area contributed by atoms with Crippen LogP contribution in [0.3, 0.4) is 0 Å². The van der Waals surface area contributed by atoms with E-state index in [1.54, 1.807) is 43.6 Å². The van der Waals surface area contributed by atoms with Crippen LogP contribution < -0.4 is 10.1 Å². The molecule has 0 aliphatic carbocycles. The lowest BCUT2D eigenvalue weighted by Crippen LogP contribution is -2.19. The van der Waals surface area contributed by atoms with E-state index in [-0.39, 0.29) is 12.0 Å². The van der Waals surface area contributed by atoms with Crippen LogP contribution in [0.1, 0.15) is 34.1 Å². The lowest BCUT2D eigenvalue weighted by molar-refractivity contribution is 0.0917. The molecule has 1 aromatic heterocycles. The molecule has 0 aliphatic rings. The number of methoxy groups -OCH3 is 1. The van der Waals surface area contributed by atoms with Crippen LogP contribution in [0.15, 0.2) is 54.9 Å². The van der Waals surface area contributed by atoms with E-state index < -0.39 is 0 Å². The summed E-state index contributed by atoms with van der Waals surface area (Å²) in [7, 11) is 1.61. The molecular formula is C24H22ClN3O3. The smallest absolute Gasteiger partial charge is 0.257 e. The minimum atomic E-state index is -0.339. The number of benzene rings is 2. The van der Waals surface area contributed by atoms with E-state index in [2.05, 4.69) is 27.1 Å². The zero-order chi connectivity index (χ0) is 22.2.